The summed E-state index contributed by atoms with van der Waals surface area (Å²) < 4.78 is 26.0. The van der Waals surface area contributed by atoms with Gasteiger partial charge < -0.3 is 34.5 Å². The van der Waals surface area contributed by atoms with Crippen molar-refractivity contribution in [1.82, 2.24) is 25.5 Å². The van der Waals surface area contributed by atoms with Crippen molar-refractivity contribution in [3.8, 4) is 0 Å². The lowest BCUT2D eigenvalue weighted by Crippen LogP contribution is -2.46. The predicted molar refractivity (Wildman–Crippen MR) is 185 cm³/mol. The van der Waals surface area contributed by atoms with Gasteiger partial charge in [-0.15, -0.1) is 0 Å². The maximum absolute atomic E-state index is 13.4. The van der Waals surface area contributed by atoms with Crippen molar-refractivity contribution in [1.29, 1.82) is 5.41 Å². The number of morpholine rings is 1. The molecule has 0 saturated carbocycles. The number of nitrogens with one attached hydrogen (secondary N) is 3. The molecule has 4 rings (SSSR count). The van der Waals surface area contributed by atoms with Crippen LogP contribution in [0.2, 0.25) is 0 Å². The summed E-state index contributed by atoms with van der Waals surface area (Å²) in [6.45, 7) is 8.25. The van der Waals surface area contributed by atoms with E-state index >= 15 is 0 Å². The normalized spacial score (nSPS) is 15.9. The predicted octanol–water partition coefficient (Wildman–Crippen LogP) is 1.65. The zero-order chi connectivity index (χ0) is 34.7. The van der Waals surface area contributed by atoms with E-state index in [9.17, 15) is 14.4 Å². The van der Waals surface area contributed by atoms with Crippen LogP contribution in [0.3, 0.4) is 0 Å². The van der Waals surface area contributed by atoms with E-state index in [0.29, 0.717) is 66.5 Å². The molecule has 48 heavy (non-hydrogen) atoms. The number of nitrogens with zero attached hydrogens (tertiary/aromatic N) is 6. The molecule has 0 bridgehead atoms. The Hall–Kier alpha value is -4.13. The van der Waals surface area contributed by atoms with Crippen LogP contribution < -0.4 is 15.5 Å². The first-order chi connectivity index (χ1) is 23.0. The van der Waals surface area contributed by atoms with Crippen molar-refractivity contribution in [3.05, 3.63) is 41.2 Å². The molecular weight excluding hydrogens is 710 g/mol. The average Bonchev–Trinajstić information content (AvgIpc) is 3.60. The Balaban J connectivity index is 1.35. The van der Waals surface area contributed by atoms with Crippen LogP contribution in [-0.4, -0.2) is 121 Å². The third-order valence-corrected chi connectivity index (χ3v) is 7.75. The third-order valence-electron chi connectivity index (χ3n) is 6.78. The first kappa shape index (κ1) is 36.7. The molecule has 258 valence electrons. The van der Waals surface area contributed by atoms with Gasteiger partial charge in [-0.1, -0.05) is 0 Å². The van der Waals surface area contributed by atoms with Crippen molar-refractivity contribution in [2.75, 3.05) is 64.1 Å². The molecule has 0 radical (unpaired) electrons. The number of ether oxygens (including phenoxy) is 4. The van der Waals surface area contributed by atoms with Gasteiger partial charge in [-0.05, 0) is 61.6 Å². The second-order valence-corrected chi connectivity index (χ2v) is 12.5. The van der Waals surface area contributed by atoms with Crippen LogP contribution in [0.5, 0.6) is 0 Å². The van der Waals surface area contributed by atoms with Crippen LogP contribution in [-0.2, 0) is 33.3 Å². The number of halogens is 1. The van der Waals surface area contributed by atoms with Crippen LogP contribution in [0.25, 0.3) is 11.0 Å². The molecule has 1 amide bonds. The molecule has 0 unspecified atom stereocenters. The number of hydrogen-bond donors (Lipinski definition) is 4. The Morgan fingerprint density at radius 3 is 2.60 bits per heavy atom. The quantitative estimate of drug-likeness (QED) is 0.0905. The van der Waals surface area contributed by atoms with E-state index in [2.05, 4.69) is 58.7 Å². The Kier molecular flexibility index (Phi) is 13.2. The maximum atomic E-state index is 13.4. The SMILES string of the molecule is CC(C)(C)NC[C@@H](COC(=N)/C(=N\S)N1CCOCC1)OC(=O)/C=C\C(=O)OCC(=O)N(C1=NCCN1)c1ccc2nccnc2c1Br. The molecular formula is C30H38BrN9O7S. The monoisotopic (exact) mass is 747 g/mol. The molecule has 1 fully saturated rings. The van der Waals surface area contributed by atoms with Gasteiger partial charge in [0.1, 0.15) is 18.2 Å². The summed E-state index contributed by atoms with van der Waals surface area (Å²) in [5.41, 5.74) is 1.28. The zero-order valence-corrected chi connectivity index (χ0v) is 29.3. The van der Waals surface area contributed by atoms with Gasteiger partial charge in [-0.2, -0.15) is 4.40 Å². The van der Waals surface area contributed by atoms with Crippen molar-refractivity contribution in [2.24, 2.45) is 9.39 Å². The Bertz CT molecular complexity index is 1590. The summed E-state index contributed by atoms with van der Waals surface area (Å²) in [4.78, 5) is 54.6. The van der Waals surface area contributed by atoms with Gasteiger partial charge in [0.25, 0.3) is 11.8 Å². The topological polar surface area (TPSA) is 193 Å². The Labute approximate surface area is 291 Å². The summed E-state index contributed by atoms with van der Waals surface area (Å²) in [6, 6.07) is 3.40. The molecule has 18 heteroatoms. The number of guanidine groups is 1. The summed E-state index contributed by atoms with van der Waals surface area (Å²) in [5, 5.41) is 14.6. The lowest BCUT2D eigenvalue weighted by molar-refractivity contribution is -0.146. The molecule has 2 aromatic rings. The lowest BCUT2D eigenvalue weighted by Gasteiger charge is -2.30. The van der Waals surface area contributed by atoms with Crippen LogP contribution >= 0.6 is 28.7 Å². The molecule has 3 N–H and O–H groups in total. The molecule has 0 aliphatic carbocycles. The highest BCUT2D eigenvalue weighted by Crippen LogP contribution is 2.32. The van der Waals surface area contributed by atoms with E-state index in [4.69, 9.17) is 24.4 Å². The number of esters is 2. The largest absolute Gasteiger partial charge is 0.471 e. The van der Waals surface area contributed by atoms with Crippen molar-refractivity contribution in [2.45, 2.75) is 32.4 Å². The molecule has 16 nitrogen and oxygen atoms in total. The highest BCUT2D eigenvalue weighted by molar-refractivity contribution is 9.10. The van der Waals surface area contributed by atoms with E-state index in [1.807, 2.05) is 25.7 Å². The molecule has 1 aromatic heterocycles. The number of benzene rings is 1. The summed E-state index contributed by atoms with van der Waals surface area (Å²) >= 11 is 7.50. The number of amidine groups is 1. The van der Waals surface area contributed by atoms with Crippen molar-refractivity contribution in [3.63, 3.8) is 0 Å². The fourth-order valence-electron chi connectivity index (χ4n) is 4.47. The molecule has 2 aliphatic rings. The molecule has 2 aliphatic heterocycles. The second-order valence-electron chi connectivity index (χ2n) is 11.5. The second kappa shape index (κ2) is 17.3. The lowest BCUT2D eigenvalue weighted by atomic mass is 10.1. The third kappa shape index (κ3) is 10.4. The standard InChI is InChI=1S/C30H38BrN9O7S/c1-30(2,3)37-16-19(17-46-27(32)28(38-48)39-12-14-44-15-13-39)47-24(43)7-6-23(42)45-18-22(41)40(29-35-10-11-36-29)21-5-4-20-26(25(21)31)34-9-8-33-20/h4-9,19,32,37,48H,10-18H2,1-3H3,(H,35,36)/b7-6-,32-27?,38-28+/t19-/m0/s1. The van der Waals surface area contributed by atoms with Gasteiger partial charge in [0, 0.05) is 56.3 Å². The number of hydrogen-bond acceptors (Lipinski definition) is 15. The molecule has 0 spiro atoms. The number of fused-ring (bicyclic) bond motifs is 1. The number of thiol groups is 1. The highest BCUT2D eigenvalue weighted by atomic mass is 79.9. The van der Waals surface area contributed by atoms with Crippen LogP contribution in [0.4, 0.5) is 5.69 Å². The van der Waals surface area contributed by atoms with Gasteiger partial charge in [-0.3, -0.25) is 25.2 Å². The first-order valence-corrected chi connectivity index (χ1v) is 16.2. The maximum Gasteiger partial charge on any atom is 0.331 e. The average molecular weight is 749 g/mol. The van der Waals surface area contributed by atoms with E-state index < -0.39 is 30.6 Å². The number of amides is 1. The number of aromatic nitrogens is 2. The summed E-state index contributed by atoms with van der Waals surface area (Å²) in [7, 11) is 0. The summed E-state index contributed by atoms with van der Waals surface area (Å²) in [5.74, 6) is -2.08. The summed E-state index contributed by atoms with van der Waals surface area (Å²) in [6.07, 6.45) is 4.04. The number of carbonyl (C=O) groups excluding carboxylic acids is 3. The minimum absolute atomic E-state index is 0.165. The van der Waals surface area contributed by atoms with Crippen molar-refractivity contribution >= 4 is 81.0 Å². The minimum atomic E-state index is -0.937. The van der Waals surface area contributed by atoms with Crippen molar-refractivity contribution < 1.29 is 33.3 Å². The zero-order valence-electron chi connectivity index (χ0n) is 26.8. The molecule has 1 aromatic carbocycles. The minimum Gasteiger partial charge on any atom is -0.471 e. The Morgan fingerprint density at radius 1 is 1.19 bits per heavy atom. The molecule has 1 saturated heterocycles. The highest BCUT2D eigenvalue weighted by Gasteiger charge is 2.28. The van der Waals surface area contributed by atoms with E-state index in [1.54, 1.807) is 18.3 Å². The fourth-order valence-corrected chi connectivity index (χ4v) is 5.31. The number of anilines is 1. The van der Waals surface area contributed by atoms with E-state index in [0.717, 1.165) is 12.2 Å². The van der Waals surface area contributed by atoms with Crippen LogP contribution in [0.15, 0.2) is 50.5 Å². The van der Waals surface area contributed by atoms with Gasteiger partial charge in [-0.25, -0.2) is 14.5 Å². The van der Waals surface area contributed by atoms with Crippen LogP contribution in [0, 0.1) is 5.41 Å². The molecule has 3 heterocycles. The first-order valence-electron chi connectivity index (χ1n) is 15.0. The van der Waals surface area contributed by atoms with E-state index in [-0.39, 0.29) is 30.4 Å². The van der Waals surface area contributed by atoms with Gasteiger partial charge in [0.05, 0.1) is 35.4 Å². The smallest absolute Gasteiger partial charge is 0.331 e. The molecule has 1 atom stereocenters. The van der Waals surface area contributed by atoms with Gasteiger partial charge in [0.2, 0.25) is 5.96 Å². The van der Waals surface area contributed by atoms with Gasteiger partial charge in [0.15, 0.2) is 12.4 Å². The number of rotatable bonds is 10. The van der Waals surface area contributed by atoms with Gasteiger partial charge >= 0.3 is 11.9 Å². The van der Waals surface area contributed by atoms with Crippen LogP contribution in [0.1, 0.15) is 20.8 Å². The fraction of sp³-hybridized carbons (Fsp3) is 0.467. The van der Waals surface area contributed by atoms with E-state index in [1.165, 1.54) is 11.1 Å². The number of aliphatic imine (C=N–C) groups is 1. The Morgan fingerprint density at radius 2 is 1.92 bits per heavy atom. The number of carbonyl (C=O) groups is 3.